The maximum Gasteiger partial charge on any atom is 0.128 e. The number of para-hydroxylation sites is 1. The van der Waals surface area contributed by atoms with Gasteiger partial charge in [-0.2, -0.15) is 0 Å². The van der Waals surface area contributed by atoms with Crippen molar-refractivity contribution in [1.29, 1.82) is 0 Å². The normalized spacial score (nSPS) is 11.6. The van der Waals surface area contributed by atoms with Crippen LogP contribution in [0.5, 0.6) is 11.5 Å². The van der Waals surface area contributed by atoms with Crippen molar-refractivity contribution in [1.82, 2.24) is 29.9 Å². The lowest BCUT2D eigenvalue weighted by Gasteiger charge is -2.13. The zero-order valence-electron chi connectivity index (χ0n) is 32.6. The summed E-state index contributed by atoms with van der Waals surface area (Å²) >= 11 is 0. The van der Waals surface area contributed by atoms with Crippen LogP contribution in [-0.4, -0.2) is 29.9 Å². The fourth-order valence-electron chi connectivity index (χ4n) is 8.27. The number of hydrogen-bond acceptors (Lipinski definition) is 7. The van der Waals surface area contributed by atoms with Crippen LogP contribution >= 0.6 is 0 Å². The van der Waals surface area contributed by atoms with E-state index >= 15 is 0 Å². The SMILES string of the molecule is c1ccc(Oc2cc(-c3ccc4ccc5cccnc5c4n3)cc(-c3ccc4ccc5ccc(-c6cccc(-c7ccc8ccc9cccnc9c8n7)c6)nc5c4n3)c2)cc1. The number of aromatic nitrogens is 6. The van der Waals surface area contributed by atoms with Crippen molar-refractivity contribution in [3.63, 3.8) is 0 Å². The number of nitrogens with zero attached hydrogens (tertiary/aromatic N) is 6. The highest BCUT2D eigenvalue weighted by Gasteiger charge is 2.15. The molecule has 0 fully saturated rings. The first-order chi connectivity index (χ1) is 30.2. The van der Waals surface area contributed by atoms with Crippen LogP contribution < -0.4 is 4.74 Å². The van der Waals surface area contributed by atoms with Crippen molar-refractivity contribution in [3.8, 4) is 56.5 Å². The molecular formula is C54H32N6O. The van der Waals surface area contributed by atoms with Crippen LogP contribution in [0, 0.1) is 0 Å². The third kappa shape index (κ3) is 6.24. The summed E-state index contributed by atoms with van der Waals surface area (Å²) in [4.78, 5) is 30.3. The van der Waals surface area contributed by atoms with Crippen LogP contribution in [0.3, 0.4) is 0 Å². The Morgan fingerprint density at radius 3 is 1.10 bits per heavy atom. The molecule has 61 heavy (non-hydrogen) atoms. The summed E-state index contributed by atoms with van der Waals surface area (Å²) in [5.41, 5.74) is 12.3. The second-order valence-electron chi connectivity index (χ2n) is 15.2. The van der Waals surface area contributed by atoms with Gasteiger partial charge in [0, 0.05) is 67.0 Å². The molecule has 0 atom stereocenters. The van der Waals surface area contributed by atoms with E-state index in [-0.39, 0.29) is 0 Å². The van der Waals surface area contributed by atoms with Crippen LogP contribution in [0.2, 0.25) is 0 Å². The molecule has 0 aliphatic carbocycles. The summed E-state index contributed by atoms with van der Waals surface area (Å²) in [5.74, 6) is 1.43. The molecule has 7 nitrogen and oxygen atoms in total. The molecule has 6 aromatic carbocycles. The molecule has 0 saturated heterocycles. The second-order valence-corrected chi connectivity index (χ2v) is 15.2. The van der Waals surface area contributed by atoms with Gasteiger partial charge in [0.05, 0.1) is 55.9 Å². The fraction of sp³-hybridized carbons (Fsp3) is 0. The fourth-order valence-corrected chi connectivity index (χ4v) is 8.27. The molecule has 12 rings (SSSR count). The zero-order valence-corrected chi connectivity index (χ0v) is 32.6. The Morgan fingerprint density at radius 1 is 0.262 bits per heavy atom. The smallest absolute Gasteiger partial charge is 0.128 e. The average Bonchev–Trinajstić information content (AvgIpc) is 3.33. The third-order valence-electron chi connectivity index (χ3n) is 11.3. The number of rotatable bonds is 6. The molecule has 12 aromatic rings. The topological polar surface area (TPSA) is 86.6 Å². The van der Waals surface area contributed by atoms with Crippen molar-refractivity contribution in [2.45, 2.75) is 0 Å². The Morgan fingerprint density at radius 2 is 0.639 bits per heavy atom. The maximum absolute atomic E-state index is 6.48. The number of ether oxygens (including phenoxy) is 1. The Balaban J connectivity index is 0.966. The van der Waals surface area contributed by atoms with Gasteiger partial charge in [0.15, 0.2) is 0 Å². The predicted molar refractivity (Wildman–Crippen MR) is 247 cm³/mol. The van der Waals surface area contributed by atoms with E-state index in [0.717, 1.165) is 116 Å². The van der Waals surface area contributed by atoms with E-state index in [1.165, 1.54) is 0 Å². The van der Waals surface area contributed by atoms with Gasteiger partial charge < -0.3 is 4.74 Å². The standard InChI is InChI=1S/C54H32N6O/c1-2-11-43(12-3-1)61-44-31-41(47-25-21-36-16-14-34-10-6-28-56-50(34)52(36)59-47)30-42(32-44)48-26-22-38-18-17-37-20-24-46(58-53(37)54(38)60-48)40-8-4-7-39(29-40)45-23-19-35-15-13-33-9-5-27-55-49(33)51(35)57-45/h1-32H. The van der Waals surface area contributed by atoms with Gasteiger partial charge in [0.25, 0.3) is 0 Å². The summed E-state index contributed by atoms with van der Waals surface area (Å²) < 4.78 is 6.48. The van der Waals surface area contributed by atoms with E-state index in [9.17, 15) is 0 Å². The number of pyridine rings is 6. The van der Waals surface area contributed by atoms with E-state index in [4.69, 9.17) is 29.7 Å². The molecule has 0 radical (unpaired) electrons. The first kappa shape index (κ1) is 34.6. The minimum absolute atomic E-state index is 0.683. The molecule has 6 aromatic heterocycles. The van der Waals surface area contributed by atoms with Crippen molar-refractivity contribution in [2.24, 2.45) is 0 Å². The van der Waals surface area contributed by atoms with E-state index in [1.807, 2.05) is 67.0 Å². The molecule has 0 saturated carbocycles. The van der Waals surface area contributed by atoms with E-state index in [0.29, 0.717) is 5.75 Å². The Bertz CT molecular complexity index is 3700. The maximum atomic E-state index is 6.48. The largest absolute Gasteiger partial charge is 0.457 e. The summed E-state index contributed by atoms with van der Waals surface area (Å²) in [6.07, 6.45) is 3.64. The molecule has 0 aliphatic rings. The lowest BCUT2D eigenvalue weighted by molar-refractivity contribution is 0.483. The van der Waals surface area contributed by atoms with Crippen molar-refractivity contribution in [2.75, 3.05) is 0 Å². The molecule has 284 valence electrons. The lowest BCUT2D eigenvalue weighted by Crippen LogP contribution is -1.94. The Hall–Kier alpha value is -8.42. The molecule has 0 spiro atoms. The van der Waals surface area contributed by atoms with Gasteiger partial charge in [-0.3, -0.25) is 9.97 Å². The van der Waals surface area contributed by atoms with Crippen molar-refractivity contribution in [3.05, 3.63) is 194 Å². The van der Waals surface area contributed by atoms with E-state index < -0.39 is 0 Å². The Kier molecular flexibility index (Phi) is 8.03. The molecule has 0 aliphatic heterocycles. The number of fused-ring (bicyclic) bond motifs is 9. The highest BCUT2D eigenvalue weighted by molar-refractivity contribution is 6.06. The molecule has 0 N–H and O–H groups in total. The number of hydrogen-bond donors (Lipinski definition) is 0. The van der Waals surface area contributed by atoms with Crippen LogP contribution in [-0.2, 0) is 0 Å². The van der Waals surface area contributed by atoms with E-state index in [2.05, 4.69) is 132 Å². The minimum atomic E-state index is 0.683. The molecular weight excluding hydrogens is 749 g/mol. The van der Waals surface area contributed by atoms with Gasteiger partial charge in [-0.25, -0.2) is 19.9 Å². The second kappa shape index (κ2) is 14.1. The lowest BCUT2D eigenvalue weighted by atomic mass is 10.0. The quantitative estimate of drug-likeness (QED) is 0.155. The van der Waals surface area contributed by atoms with Gasteiger partial charge in [0.1, 0.15) is 11.5 Å². The minimum Gasteiger partial charge on any atom is -0.457 e. The van der Waals surface area contributed by atoms with Crippen LogP contribution in [0.15, 0.2) is 194 Å². The molecule has 0 amide bonds. The summed E-state index contributed by atoms with van der Waals surface area (Å²) in [6.45, 7) is 0. The highest BCUT2D eigenvalue weighted by Crippen LogP contribution is 2.36. The zero-order chi connectivity index (χ0) is 40.3. The van der Waals surface area contributed by atoms with Gasteiger partial charge in [0.2, 0.25) is 0 Å². The molecule has 7 heteroatoms. The van der Waals surface area contributed by atoms with Gasteiger partial charge in [-0.1, -0.05) is 109 Å². The molecule has 6 heterocycles. The first-order valence-electron chi connectivity index (χ1n) is 20.2. The molecule has 0 bridgehead atoms. The summed E-state index contributed by atoms with van der Waals surface area (Å²) in [7, 11) is 0. The van der Waals surface area contributed by atoms with Gasteiger partial charge >= 0.3 is 0 Å². The van der Waals surface area contributed by atoms with Crippen LogP contribution in [0.4, 0.5) is 0 Å². The van der Waals surface area contributed by atoms with Crippen LogP contribution in [0.25, 0.3) is 110 Å². The highest BCUT2D eigenvalue weighted by atomic mass is 16.5. The first-order valence-corrected chi connectivity index (χ1v) is 20.2. The molecule has 0 unspecified atom stereocenters. The van der Waals surface area contributed by atoms with Gasteiger partial charge in [-0.05, 0) is 72.8 Å². The average molecular weight is 781 g/mol. The number of benzene rings is 6. The Labute approximate surface area is 349 Å². The van der Waals surface area contributed by atoms with Crippen molar-refractivity contribution >= 4 is 65.4 Å². The van der Waals surface area contributed by atoms with Crippen molar-refractivity contribution < 1.29 is 4.74 Å². The van der Waals surface area contributed by atoms with Crippen LogP contribution in [0.1, 0.15) is 0 Å². The van der Waals surface area contributed by atoms with E-state index in [1.54, 1.807) is 0 Å². The van der Waals surface area contributed by atoms with Gasteiger partial charge in [-0.15, -0.1) is 0 Å². The summed E-state index contributed by atoms with van der Waals surface area (Å²) in [6, 6.07) is 61.8. The monoisotopic (exact) mass is 780 g/mol. The predicted octanol–water partition coefficient (Wildman–Crippen LogP) is 13.4. The third-order valence-corrected chi connectivity index (χ3v) is 11.3. The summed E-state index contributed by atoms with van der Waals surface area (Å²) in [5, 5.41) is 6.22.